The van der Waals surface area contributed by atoms with Gasteiger partial charge in [-0.25, -0.2) is 4.79 Å². The zero-order valence-corrected chi connectivity index (χ0v) is 24.2. The fourth-order valence-electron chi connectivity index (χ4n) is 2.87. The Morgan fingerprint density at radius 1 is 0.789 bits per heavy atom. The number of rotatable bonds is 14. The maximum Gasteiger partial charge on any atom is 0.334 e. The molecule has 0 saturated carbocycles. The van der Waals surface area contributed by atoms with Crippen molar-refractivity contribution in [2.45, 2.75) is 25.7 Å². The summed E-state index contributed by atoms with van der Waals surface area (Å²) in [6, 6.07) is 0. The van der Waals surface area contributed by atoms with E-state index in [1.165, 1.54) is 0 Å². The molecule has 2 aliphatic heterocycles. The first-order valence-corrected chi connectivity index (χ1v) is 11.1. The Morgan fingerprint density at radius 2 is 1.32 bits per heavy atom. The molecule has 38 heavy (non-hydrogen) atoms. The van der Waals surface area contributed by atoms with Gasteiger partial charge in [0.25, 0.3) is 11.8 Å². The average molecular weight is 759 g/mol. The van der Waals surface area contributed by atoms with Gasteiger partial charge in [0, 0.05) is 62.8 Å². The van der Waals surface area contributed by atoms with E-state index in [-0.39, 0.29) is 69.9 Å². The second-order valence-electron chi connectivity index (χ2n) is 7.59. The number of hydroxylamine groups is 2. The van der Waals surface area contributed by atoms with Crippen molar-refractivity contribution < 1.29 is 79.1 Å². The van der Waals surface area contributed by atoms with Crippen LogP contribution in [0.2, 0.25) is 0 Å². The third kappa shape index (κ3) is 11.1. The molecule has 2 heterocycles. The van der Waals surface area contributed by atoms with Crippen molar-refractivity contribution in [2.75, 3.05) is 32.7 Å². The minimum Gasteiger partial charge on any atom is -0.354 e. The van der Waals surface area contributed by atoms with Crippen LogP contribution in [0.15, 0.2) is 12.2 Å². The van der Waals surface area contributed by atoms with E-state index in [2.05, 4.69) is 26.1 Å². The molecular formula is C21H25N6O10U-. The predicted molar refractivity (Wildman–Crippen MR) is 119 cm³/mol. The van der Waals surface area contributed by atoms with E-state index in [0.29, 0.717) is 5.06 Å². The topological polar surface area (TPSA) is 217 Å². The van der Waals surface area contributed by atoms with E-state index in [9.17, 15) is 43.2 Å². The number of nitrogens with one attached hydrogen (secondary N) is 4. The Kier molecular flexibility index (Phi) is 13.8. The van der Waals surface area contributed by atoms with Crippen LogP contribution >= 0.6 is 0 Å². The molecule has 0 atom stereocenters. The second-order valence-corrected chi connectivity index (χ2v) is 7.59. The van der Waals surface area contributed by atoms with Crippen molar-refractivity contribution >= 4 is 53.2 Å². The van der Waals surface area contributed by atoms with Crippen molar-refractivity contribution in [1.82, 2.24) is 31.2 Å². The number of hydrogen-bond donors (Lipinski definition) is 4. The quantitative estimate of drug-likeness (QED) is 0.0994. The molecule has 1 saturated heterocycles. The van der Waals surface area contributed by atoms with Gasteiger partial charge in [-0.3, -0.25) is 44.9 Å². The van der Waals surface area contributed by atoms with Gasteiger partial charge in [0.15, 0.2) is 0 Å². The van der Waals surface area contributed by atoms with Crippen molar-refractivity contribution in [2.24, 2.45) is 0 Å². The summed E-state index contributed by atoms with van der Waals surface area (Å²) in [4.78, 5) is 110. The number of amides is 8. The van der Waals surface area contributed by atoms with Gasteiger partial charge >= 0.3 is 5.97 Å². The van der Waals surface area contributed by atoms with Crippen molar-refractivity contribution in [3.8, 4) is 0 Å². The first-order valence-electron chi connectivity index (χ1n) is 11.1. The van der Waals surface area contributed by atoms with E-state index in [1.807, 2.05) is 0 Å². The van der Waals surface area contributed by atoms with E-state index < -0.39 is 72.9 Å². The fraction of sp³-hybridized carbons (Fsp3) is 0.429. The van der Waals surface area contributed by atoms with Crippen LogP contribution in [0.3, 0.4) is 0 Å². The van der Waals surface area contributed by atoms with E-state index in [0.717, 1.165) is 23.5 Å². The number of carbonyl (C=O) groups is 9. The van der Waals surface area contributed by atoms with Crippen LogP contribution in [0.5, 0.6) is 0 Å². The minimum absolute atomic E-state index is 0. The maximum absolute atomic E-state index is 11.8. The summed E-state index contributed by atoms with van der Waals surface area (Å²) in [5.41, 5.74) is 0. The molecule has 8 amide bonds. The first-order chi connectivity index (χ1) is 17.6. The molecule has 16 nitrogen and oxygen atoms in total. The summed E-state index contributed by atoms with van der Waals surface area (Å²) in [7, 11) is 0. The number of hydrogen-bond acceptors (Lipinski definition) is 10. The molecule has 0 aromatic carbocycles. The molecule has 204 valence electrons. The molecular weight excluding hydrogens is 734 g/mol. The first kappa shape index (κ1) is 32.3. The van der Waals surface area contributed by atoms with Gasteiger partial charge in [0.1, 0.15) is 5.91 Å². The summed E-state index contributed by atoms with van der Waals surface area (Å²) in [6.07, 6.45) is 3.04. The Balaban J connectivity index is 0.00000722. The molecule has 0 radical (unpaired) electrons. The van der Waals surface area contributed by atoms with Crippen molar-refractivity contribution in [3.05, 3.63) is 18.6 Å². The fourth-order valence-corrected chi connectivity index (χ4v) is 2.87. The Labute approximate surface area is 239 Å². The molecule has 2 rings (SSSR count). The smallest absolute Gasteiger partial charge is 0.334 e. The van der Waals surface area contributed by atoms with Gasteiger partial charge < -0.3 is 30.9 Å². The molecule has 17 heteroatoms. The van der Waals surface area contributed by atoms with Crippen LogP contribution in [0, 0.1) is 37.5 Å². The maximum atomic E-state index is 11.8. The van der Waals surface area contributed by atoms with Crippen LogP contribution in [-0.2, 0) is 48.0 Å². The van der Waals surface area contributed by atoms with E-state index >= 15 is 0 Å². The van der Waals surface area contributed by atoms with Gasteiger partial charge in [0.2, 0.25) is 29.5 Å². The number of nitrogens with zero attached hydrogens (tertiary/aromatic N) is 2. The molecule has 0 spiro atoms. The monoisotopic (exact) mass is 759 g/mol. The zero-order valence-electron chi connectivity index (χ0n) is 20.1. The normalized spacial score (nSPS) is 14.0. The van der Waals surface area contributed by atoms with Gasteiger partial charge in [0.05, 0.1) is 26.1 Å². The third-order valence-corrected chi connectivity index (χ3v) is 4.75. The summed E-state index contributed by atoms with van der Waals surface area (Å²) in [6.45, 7) is -1.42. The average Bonchev–Trinajstić information content (AvgIpc) is 3.35. The molecule has 0 bridgehead atoms. The Bertz CT molecular complexity index is 996. The van der Waals surface area contributed by atoms with Crippen LogP contribution in [-0.4, -0.2) is 95.9 Å². The van der Waals surface area contributed by atoms with Crippen LogP contribution in [0.4, 0.5) is 0 Å². The number of imide groups is 2. The van der Waals surface area contributed by atoms with Gasteiger partial charge in [-0.15, -0.1) is 5.06 Å². The van der Waals surface area contributed by atoms with Gasteiger partial charge in [-0.1, -0.05) is 6.42 Å². The Hall–Kier alpha value is -3.71. The predicted octanol–water partition coefficient (Wildman–Crippen LogP) is -4.03. The number of carbonyl (C=O) groups excluding carboxylic acids is 9. The molecule has 4 N–H and O–H groups in total. The molecule has 0 aliphatic carbocycles. The molecule has 0 unspecified atom stereocenters. The molecule has 0 aromatic heterocycles. The summed E-state index contributed by atoms with van der Waals surface area (Å²) in [5.74, 6) is -5.71. The van der Waals surface area contributed by atoms with Crippen LogP contribution < -0.4 is 21.3 Å². The van der Waals surface area contributed by atoms with Crippen molar-refractivity contribution in [3.63, 3.8) is 0 Å². The van der Waals surface area contributed by atoms with Crippen LogP contribution in [0.1, 0.15) is 25.7 Å². The SMILES string of the molecule is O=C(CCCN1C(=O)C=CC1=O)NCC(=O)NCC(=O)NCC(=O)NCCC(=O)ON1C(=O)[CH-]CC1=O.[U]. The van der Waals surface area contributed by atoms with Crippen molar-refractivity contribution in [1.29, 1.82) is 0 Å². The summed E-state index contributed by atoms with van der Waals surface area (Å²) >= 11 is 0. The minimum atomic E-state index is -0.912. The van der Waals surface area contributed by atoms with Gasteiger partial charge in [-0.2, -0.15) is 0 Å². The van der Waals surface area contributed by atoms with Crippen LogP contribution in [0.25, 0.3) is 0 Å². The molecule has 1 fully saturated rings. The Morgan fingerprint density at radius 3 is 1.84 bits per heavy atom. The van der Waals surface area contributed by atoms with E-state index in [1.54, 1.807) is 0 Å². The molecule has 0 aromatic rings. The summed E-state index contributed by atoms with van der Waals surface area (Å²) in [5, 5.41) is 9.48. The standard InChI is InChI=1S/C21H25N6O10.U/c28-13(2-1-9-26-17(32)3-4-18(26)33)23-11-15(30)25-12-16(31)24-10-14(29)22-8-7-21(36)37-27-19(34)5-6-20(27)35;/h3-5H,1-2,6-12H2,(H,22,29)(H,23,28)(H,24,31)(H,25,30);/q-1;. The van der Waals surface area contributed by atoms with E-state index in [4.69, 9.17) is 0 Å². The zero-order chi connectivity index (χ0) is 27.4. The largest absolute Gasteiger partial charge is 0.354 e. The third-order valence-electron chi connectivity index (χ3n) is 4.75. The van der Waals surface area contributed by atoms with Gasteiger partial charge in [-0.05, 0) is 6.42 Å². The second kappa shape index (κ2) is 16.2. The summed E-state index contributed by atoms with van der Waals surface area (Å²) < 4.78 is 0. The molecule has 2 aliphatic rings.